The van der Waals surface area contributed by atoms with Gasteiger partial charge < -0.3 is 10.5 Å². The van der Waals surface area contributed by atoms with E-state index in [2.05, 4.69) is 12.1 Å². The maximum Gasteiger partial charge on any atom is 0.0905 e. The lowest BCUT2D eigenvalue weighted by Crippen LogP contribution is -2.09. The van der Waals surface area contributed by atoms with E-state index in [1.54, 1.807) is 0 Å². The number of unbranched alkanes of at least 4 members (excludes halogenated alkanes) is 1. The maximum absolute atomic E-state index is 7.05. The van der Waals surface area contributed by atoms with Gasteiger partial charge in [0.15, 0.2) is 0 Å². The molecule has 0 atom stereocenters. The molecule has 15 heavy (non-hydrogen) atoms. The Balaban J connectivity index is 2.00. The molecule has 0 amide bonds. The molecule has 3 nitrogen and oxygen atoms in total. The highest BCUT2D eigenvalue weighted by molar-refractivity contribution is 5.76. The lowest BCUT2D eigenvalue weighted by molar-refractivity contribution is 0.117. The number of rotatable bonds is 7. The van der Waals surface area contributed by atoms with Gasteiger partial charge in [-0.15, -0.1) is 0 Å². The van der Waals surface area contributed by atoms with Crippen LogP contribution in [0.4, 0.5) is 0 Å². The first-order valence-electron chi connectivity index (χ1n) is 5.23. The highest BCUT2D eigenvalue weighted by Crippen LogP contribution is 2.02. The van der Waals surface area contributed by atoms with Gasteiger partial charge in [-0.2, -0.15) is 0 Å². The number of hydrogen-bond acceptors (Lipinski definition) is 2. The number of hydrogen-bond donors (Lipinski definition) is 2. The zero-order chi connectivity index (χ0) is 10.9. The molecule has 3 heteroatoms. The van der Waals surface area contributed by atoms with Crippen molar-refractivity contribution in [2.75, 3.05) is 6.61 Å². The van der Waals surface area contributed by atoms with Crippen molar-refractivity contribution in [3.05, 3.63) is 35.9 Å². The lowest BCUT2D eigenvalue weighted by Gasteiger charge is -2.03. The van der Waals surface area contributed by atoms with Crippen molar-refractivity contribution < 1.29 is 4.74 Å². The number of benzene rings is 1. The lowest BCUT2D eigenvalue weighted by atomic mass is 10.2. The zero-order valence-electron chi connectivity index (χ0n) is 8.91. The van der Waals surface area contributed by atoms with Crippen molar-refractivity contribution in [1.82, 2.24) is 0 Å². The van der Waals surface area contributed by atoms with Crippen LogP contribution in [0.3, 0.4) is 0 Å². The number of amidine groups is 1. The van der Waals surface area contributed by atoms with E-state index in [4.69, 9.17) is 15.9 Å². The second-order valence-electron chi connectivity index (χ2n) is 3.52. The van der Waals surface area contributed by atoms with Crippen LogP contribution >= 0.6 is 0 Å². The summed E-state index contributed by atoms with van der Waals surface area (Å²) in [5.41, 5.74) is 6.44. The van der Waals surface area contributed by atoms with Gasteiger partial charge in [0, 0.05) is 13.0 Å². The summed E-state index contributed by atoms with van der Waals surface area (Å²) < 4.78 is 5.49. The maximum atomic E-state index is 7.05. The molecule has 0 radical (unpaired) electrons. The van der Waals surface area contributed by atoms with Crippen LogP contribution in [0, 0.1) is 5.41 Å². The molecule has 1 aromatic carbocycles. The molecule has 0 spiro atoms. The van der Waals surface area contributed by atoms with Crippen molar-refractivity contribution >= 4 is 5.84 Å². The summed E-state index contributed by atoms with van der Waals surface area (Å²) in [6, 6.07) is 10.1. The summed E-state index contributed by atoms with van der Waals surface area (Å²) in [6.07, 6.45) is 2.57. The monoisotopic (exact) mass is 206 g/mol. The Morgan fingerprint density at radius 3 is 2.60 bits per heavy atom. The van der Waals surface area contributed by atoms with Crippen LogP contribution in [0.1, 0.15) is 24.8 Å². The standard InChI is InChI=1S/C12H18N2O/c13-12(14)8-4-5-9-15-10-11-6-2-1-3-7-11/h1-3,6-7H,4-5,8-10H2,(H3,13,14). The van der Waals surface area contributed by atoms with Gasteiger partial charge in [0.2, 0.25) is 0 Å². The van der Waals surface area contributed by atoms with E-state index in [0.717, 1.165) is 19.4 Å². The summed E-state index contributed by atoms with van der Waals surface area (Å²) in [4.78, 5) is 0. The minimum atomic E-state index is 0.262. The molecule has 0 heterocycles. The molecule has 0 aliphatic carbocycles. The summed E-state index contributed by atoms with van der Waals surface area (Å²) in [5, 5.41) is 7.05. The molecule has 0 unspecified atom stereocenters. The third-order valence-corrected chi connectivity index (χ3v) is 2.10. The SMILES string of the molecule is N=C(N)CCCCOCc1ccccc1. The fourth-order valence-corrected chi connectivity index (χ4v) is 1.28. The Labute approximate surface area is 90.8 Å². The summed E-state index contributed by atoms with van der Waals surface area (Å²) >= 11 is 0. The van der Waals surface area contributed by atoms with Gasteiger partial charge in [-0.1, -0.05) is 30.3 Å². The van der Waals surface area contributed by atoms with Crippen molar-refractivity contribution in [3.63, 3.8) is 0 Å². The van der Waals surface area contributed by atoms with E-state index in [9.17, 15) is 0 Å². The largest absolute Gasteiger partial charge is 0.388 e. The summed E-state index contributed by atoms with van der Waals surface area (Å²) in [6.45, 7) is 1.41. The van der Waals surface area contributed by atoms with E-state index < -0.39 is 0 Å². The van der Waals surface area contributed by atoms with E-state index in [0.29, 0.717) is 13.0 Å². The third-order valence-electron chi connectivity index (χ3n) is 2.10. The highest BCUT2D eigenvalue weighted by Gasteiger charge is 1.93. The van der Waals surface area contributed by atoms with Crippen molar-refractivity contribution in [2.45, 2.75) is 25.9 Å². The van der Waals surface area contributed by atoms with Crippen molar-refractivity contribution in [1.29, 1.82) is 5.41 Å². The normalized spacial score (nSPS) is 10.1. The van der Waals surface area contributed by atoms with Gasteiger partial charge in [0.05, 0.1) is 12.4 Å². The molecule has 1 aromatic rings. The van der Waals surface area contributed by atoms with Crippen molar-refractivity contribution in [3.8, 4) is 0 Å². The molecule has 0 saturated carbocycles. The predicted octanol–water partition coefficient (Wildman–Crippen LogP) is 2.31. The van der Waals surface area contributed by atoms with E-state index >= 15 is 0 Å². The molecule has 0 aliphatic heterocycles. The topological polar surface area (TPSA) is 59.1 Å². The fraction of sp³-hybridized carbons (Fsp3) is 0.417. The first kappa shape index (κ1) is 11.7. The number of nitrogens with two attached hydrogens (primary N) is 1. The van der Waals surface area contributed by atoms with Gasteiger partial charge in [0.25, 0.3) is 0 Å². The minimum absolute atomic E-state index is 0.262. The molecule has 0 bridgehead atoms. The number of ether oxygens (including phenoxy) is 1. The van der Waals surface area contributed by atoms with Gasteiger partial charge in [-0.05, 0) is 18.4 Å². The first-order valence-corrected chi connectivity index (χ1v) is 5.23. The molecule has 0 aromatic heterocycles. The van der Waals surface area contributed by atoms with Gasteiger partial charge in [-0.3, -0.25) is 5.41 Å². The molecule has 0 saturated heterocycles. The Kier molecular flexibility index (Phi) is 5.48. The average Bonchev–Trinajstić information content (AvgIpc) is 2.24. The van der Waals surface area contributed by atoms with Crippen LogP contribution in [0.5, 0.6) is 0 Å². The minimum Gasteiger partial charge on any atom is -0.388 e. The Morgan fingerprint density at radius 2 is 1.93 bits per heavy atom. The Morgan fingerprint density at radius 1 is 1.20 bits per heavy atom. The second-order valence-corrected chi connectivity index (χ2v) is 3.52. The molecule has 3 N–H and O–H groups in total. The van der Waals surface area contributed by atoms with E-state index in [-0.39, 0.29) is 5.84 Å². The second kappa shape index (κ2) is 7.01. The predicted molar refractivity (Wildman–Crippen MR) is 61.9 cm³/mol. The Bertz CT molecular complexity index is 285. The van der Waals surface area contributed by atoms with Gasteiger partial charge >= 0.3 is 0 Å². The smallest absolute Gasteiger partial charge is 0.0905 e. The fourth-order valence-electron chi connectivity index (χ4n) is 1.28. The molecule has 82 valence electrons. The molecule has 1 rings (SSSR count). The molecular formula is C12H18N2O. The van der Waals surface area contributed by atoms with E-state index in [1.165, 1.54) is 5.56 Å². The van der Waals surface area contributed by atoms with Gasteiger partial charge in [-0.25, -0.2) is 0 Å². The van der Waals surface area contributed by atoms with Crippen LogP contribution in [-0.2, 0) is 11.3 Å². The van der Waals surface area contributed by atoms with Crippen LogP contribution in [0.2, 0.25) is 0 Å². The van der Waals surface area contributed by atoms with E-state index in [1.807, 2.05) is 18.2 Å². The summed E-state index contributed by atoms with van der Waals surface area (Å²) in [7, 11) is 0. The summed E-state index contributed by atoms with van der Waals surface area (Å²) in [5.74, 6) is 0.262. The Hall–Kier alpha value is -1.35. The highest BCUT2D eigenvalue weighted by atomic mass is 16.5. The molecular weight excluding hydrogens is 188 g/mol. The number of nitrogens with one attached hydrogen (secondary N) is 1. The quantitative estimate of drug-likeness (QED) is 0.408. The van der Waals surface area contributed by atoms with Gasteiger partial charge in [0.1, 0.15) is 0 Å². The van der Waals surface area contributed by atoms with Crippen LogP contribution in [-0.4, -0.2) is 12.4 Å². The van der Waals surface area contributed by atoms with Crippen LogP contribution < -0.4 is 5.73 Å². The molecule has 0 fully saturated rings. The molecule has 0 aliphatic rings. The average molecular weight is 206 g/mol. The van der Waals surface area contributed by atoms with Crippen molar-refractivity contribution in [2.24, 2.45) is 5.73 Å². The van der Waals surface area contributed by atoms with Crippen LogP contribution in [0.15, 0.2) is 30.3 Å². The first-order chi connectivity index (χ1) is 7.29. The zero-order valence-corrected chi connectivity index (χ0v) is 8.91. The third kappa shape index (κ3) is 5.86. The van der Waals surface area contributed by atoms with Crippen LogP contribution in [0.25, 0.3) is 0 Å².